The number of hydrogen-bond acceptors (Lipinski definition) is 8. The number of likely N-dealkylation sites (N-methyl/N-ethyl adjacent to an activating group) is 1. The molecule has 2 N–H and O–H groups in total. The molecule has 1 aliphatic heterocycles. The zero-order chi connectivity index (χ0) is 27.9. The van der Waals surface area contributed by atoms with Crippen LogP contribution in [0.1, 0.15) is 95.7 Å². The van der Waals surface area contributed by atoms with E-state index in [-0.39, 0.29) is 48.4 Å². The second-order valence-corrected chi connectivity index (χ2v) is 11.8. The number of amides is 2. The quantitative estimate of drug-likeness (QED) is 0.369. The van der Waals surface area contributed by atoms with Crippen LogP contribution in [0.5, 0.6) is 0 Å². The van der Waals surface area contributed by atoms with E-state index in [1.54, 1.807) is 24.3 Å². The summed E-state index contributed by atoms with van der Waals surface area (Å²) in [7, 11) is 1.73. The van der Waals surface area contributed by atoms with Gasteiger partial charge in [0.25, 0.3) is 0 Å². The molecule has 1 aliphatic rings. The Labute approximate surface area is 226 Å². The van der Waals surface area contributed by atoms with Crippen molar-refractivity contribution in [1.82, 2.24) is 20.1 Å². The SMILES string of the molecule is CCOC(=O)c1csc(C(O)CC(C(C)C)N(C)C(=O)C(NC(=O)C(C)(C)N2CCCC2)C(C)CC)n1. The maximum Gasteiger partial charge on any atom is 0.357 e. The van der Waals surface area contributed by atoms with Gasteiger partial charge in [0.2, 0.25) is 11.8 Å². The summed E-state index contributed by atoms with van der Waals surface area (Å²) in [6.07, 6.45) is 2.20. The summed E-state index contributed by atoms with van der Waals surface area (Å²) in [5.74, 6) is -0.845. The maximum absolute atomic E-state index is 13.8. The molecule has 37 heavy (non-hydrogen) atoms. The lowest BCUT2D eigenvalue weighted by Gasteiger charge is -2.39. The van der Waals surface area contributed by atoms with Gasteiger partial charge in [0.15, 0.2) is 5.69 Å². The van der Waals surface area contributed by atoms with Gasteiger partial charge in [-0.2, -0.15) is 0 Å². The van der Waals surface area contributed by atoms with Crippen molar-refractivity contribution in [3.8, 4) is 0 Å². The molecule has 4 atom stereocenters. The molecule has 2 heterocycles. The highest BCUT2D eigenvalue weighted by atomic mass is 32.1. The third kappa shape index (κ3) is 7.74. The molecule has 0 aliphatic carbocycles. The minimum absolute atomic E-state index is 0.0439. The molecule has 1 aromatic heterocycles. The van der Waals surface area contributed by atoms with Crippen LogP contribution in [0.3, 0.4) is 0 Å². The number of aliphatic hydroxyl groups is 1. The van der Waals surface area contributed by atoms with Crippen molar-refractivity contribution in [2.45, 2.75) is 97.9 Å². The van der Waals surface area contributed by atoms with E-state index in [0.29, 0.717) is 5.01 Å². The number of carbonyl (C=O) groups is 3. The molecule has 4 unspecified atom stereocenters. The van der Waals surface area contributed by atoms with Crippen LogP contribution in [0.2, 0.25) is 0 Å². The summed E-state index contributed by atoms with van der Waals surface area (Å²) < 4.78 is 4.99. The number of nitrogens with one attached hydrogen (secondary N) is 1. The fourth-order valence-electron chi connectivity index (χ4n) is 4.75. The summed E-state index contributed by atoms with van der Waals surface area (Å²) >= 11 is 1.20. The van der Waals surface area contributed by atoms with Gasteiger partial charge in [0.05, 0.1) is 12.1 Å². The fourth-order valence-corrected chi connectivity index (χ4v) is 5.54. The van der Waals surface area contributed by atoms with E-state index in [1.807, 2.05) is 41.5 Å². The Balaban J connectivity index is 2.18. The average Bonchev–Trinajstić information content (AvgIpc) is 3.57. The lowest BCUT2D eigenvalue weighted by molar-refractivity contribution is -0.142. The zero-order valence-electron chi connectivity index (χ0n) is 23.7. The molecule has 10 heteroatoms. The van der Waals surface area contributed by atoms with E-state index < -0.39 is 23.7 Å². The number of carbonyl (C=O) groups excluding carboxylic acids is 3. The molecule has 2 rings (SSSR count). The second kappa shape index (κ2) is 13.7. The van der Waals surface area contributed by atoms with Gasteiger partial charge in [0, 0.05) is 24.9 Å². The van der Waals surface area contributed by atoms with Crippen molar-refractivity contribution in [1.29, 1.82) is 0 Å². The first kappa shape index (κ1) is 31.2. The van der Waals surface area contributed by atoms with Gasteiger partial charge in [0.1, 0.15) is 17.2 Å². The number of esters is 1. The van der Waals surface area contributed by atoms with E-state index in [9.17, 15) is 19.5 Å². The molecular weight excluding hydrogens is 492 g/mol. The van der Waals surface area contributed by atoms with Crippen LogP contribution in [0.4, 0.5) is 0 Å². The number of aromatic nitrogens is 1. The van der Waals surface area contributed by atoms with Gasteiger partial charge in [-0.3, -0.25) is 14.5 Å². The molecule has 2 amide bonds. The minimum atomic E-state index is -0.943. The van der Waals surface area contributed by atoms with Crippen LogP contribution in [0, 0.1) is 11.8 Å². The Morgan fingerprint density at radius 2 is 1.84 bits per heavy atom. The highest BCUT2D eigenvalue weighted by Gasteiger charge is 2.40. The zero-order valence-corrected chi connectivity index (χ0v) is 24.6. The molecule has 1 fully saturated rings. The van der Waals surface area contributed by atoms with E-state index in [4.69, 9.17) is 4.74 Å². The van der Waals surface area contributed by atoms with Crippen LogP contribution in [0.25, 0.3) is 0 Å². The second-order valence-electron chi connectivity index (χ2n) is 10.9. The highest BCUT2D eigenvalue weighted by Crippen LogP contribution is 2.28. The third-order valence-corrected chi connectivity index (χ3v) is 8.53. The molecule has 0 aromatic carbocycles. The van der Waals surface area contributed by atoms with E-state index >= 15 is 0 Å². The van der Waals surface area contributed by atoms with Crippen LogP contribution in [-0.2, 0) is 14.3 Å². The summed E-state index contributed by atoms with van der Waals surface area (Å²) in [5.41, 5.74) is -0.525. The number of ether oxygens (including phenoxy) is 1. The van der Waals surface area contributed by atoms with Crippen molar-refractivity contribution in [2.24, 2.45) is 11.8 Å². The van der Waals surface area contributed by atoms with Gasteiger partial charge in [-0.25, -0.2) is 9.78 Å². The van der Waals surface area contributed by atoms with Crippen molar-refractivity contribution < 1.29 is 24.2 Å². The molecule has 210 valence electrons. The molecule has 9 nitrogen and oxygen atoms in total. The fraction of sp³-hybridized carbons (Fsp3) is 0.778. The lowest BCUT2D eigenvalue weighted by atomic mass is 9.92. The Kier molecular flexibility index (Phi) is 11.5. The van der Waals surface area contributed by atoms with Gasteiger partial charge < -0.3 is 20.1 Å². The Morgan fingerprint density at radius 3 is 2.38 bits per heavy atom. The predicted octanol–water partition coefficient (Wildman–Crippen LogP) is 3.63. The molecule has 0 saturated carbocycles. The topological polar surface area (TPSA) is 112 Å². The first-order valence-electron chi connectivity index (χ1n) is 13.5. The average molecular weight is 539 g/mol. The number of likely N-dealkylation sites (tertiary alicyclic amines) is 1. The standard InChI is InChI=1S/C27H46N4O5S/c1-9-18(5)22(29-26(35)27(6,7)31-13-11-12-14-31)24(33)30(8)20(17(3)4)15-21(32)23-28-19(16-37-23)25(34)36-10-2/h16-18,20-22,32H,9-15H2,1-8H3,(H,29,35). The smallest absolute Gasteiger partial charge is 0.357 e. The number of hydrogen-bond donors (Lipinski definition) is 2. The van der Waals surface area contributed by atoms with Gasteiger partial charge in [-0.05, 0) is 58.5 Å². The number of thiazole rings is 1. The predicted molar refractivity (Wildman–Crippen MR) is 145 cm³/mol. The van der Waals surface area contributed by atoms with Crippen LogP contribution >= 0.6 is 11.3 Å². The van der Waals surface area contributed by atoms with Gasteiger partial charge in [-0.15, -0.1) is 11.3 Å². The largest absolute Gasteiger partial charge is 0.461 e. The number of aliphatic hydroxyl groups excluding tert-OH is 1. The van der Waals surface area contributed by atoms with Crippen molar-refractivity contribution in [3.63, 3.8) is 0 Å². The molecule has 1 aromatic rings. The van der Waals surface area contributed by atoms with Crippen molar-refractivity contribution in [3.05, 3.63) is 16.1 Å². The molecule has 1 saturated heterocycles. The minimum Gasteiger partial charge on any atom is -0.461 e. The Morgan fingerprint density at radius 1 is 1.22 bits per heavy atom. The Hall–Kier alpha value is -2.04. The van der Waals surface area contributed by atoms with E-state index in [1.165, 1.54) is 11.3 Å². The molecule has 0 spiro atoms. The van der Waals surface area contributed by atoms with Crippen molar-refractivity contribution in [2.75, 3.05) is 26.7 Å². The Bertz CT molecular complexity index is 912. The summed E-state index contributed by atoms with van der Waals surface area (Å²) in [4.78, 5) is 47.2. The first-order chi connectivity index (χ1) is 17.3. The number of rotatable bonds is 13. The van der Waals surface area contributed by atoms with E-state index in [2.05, 4.69) is 15.2 Å². The summed E-state index contributed by atoms with van der Waals surface area (Å²) in [6.45, 7) is 15.6. The highest BCUT2D eigenvalue weighted by molar-refractivity contribution is 7.09. The van der Waals surface area contributed by atoms with Crippen molar-refractivity contribution >= 4 is 29.1 Å². The van der Waals surface area contributed by atoms with Crippen LogP contribution < -0.4 is 5.32 Å². The monoisotopic (exact) mass is 538 g/mol. The van der Waals surface area contributed by atoms with Crippen LogP contribution in [0.15, 0.2) is 5.38 Å². The van der Waals surface area contributed by atoms with Crippen LogP contribution in [-0.4, -0.2) is 82.0 Å². The summed E-state index contributed by atoms with van der Waals surface area (Å²) in [5, 5.41) is 16.0. The molecule has 0 radical (unpaired) electrons. The third-order valence-electron chi connectivity index (χ3n) is 7.59. The molecule has 0 bridgehead atoms. The normalized spacial score (nSPS) is 17.8. The van der Waals surface area contributed by atoms with E-state index in [0.717, 1.165) is 32.4 Å². The number of nitrogens with zero attached hydrogens (tertiary/aromatic N) is 3. The maximum atomic E-state index is 13.8. The summed E-state index contributed by atoms with van der Waals surface area (Å²) in [6, 6.07) is -0.967. The lowest BCUT2D eigenvalue weighted by Crippen LogP contribution is -2.60. The van der Waals surface area contributed by atoms with Gasteiger partial charge in [-0.1, -0.05) is 34.1 Å². The molecular formula is C27H46N4O5S. The first-order valence-corrected chi connectivity index (χ1v) is 14.4. The van der Waals surface area contributed by atoms with Gasteiger partial charge >= 0.3 is 5.97 Å².